The molecule has 0 bridgehead atoms. The molecule has 1 aromatic carbocycles. The number of amides is 1. The number of aryl methyl sites for hydroxylation is 1. The molecule has 2 aliphatic rings. The summed E-state index contributed by atoms with van der Waals surface area (Å²) in [6.07, 6.45) is 4.19. The van der Waals surface area contributed by atoms with E-state index in [1.807, 2.05) is 6.07 Å². The largest absolute Gasteiger partial charge is 0.350 e. The van der Waals surface area contributed by atoms with Crippen LogP contribution in [0.25, 0.3) is 0 Å². The average Bonchev–Trinajstić information content (AvgIpc) is 2.91. The Hall–Kier alpha value is -2.10. The van der Waals surface area contributed by atoms with E-state index in [0.29, 0.717) is 12.2 Å². The van der Waals surface area contributed by atoms with Gasteiger partial charge in [0.25, 0.3) is 5.91 Å². The molecule has 4 nitrogen and oxygen atoms in total. The molecule has 1 fully saturated rings. The number of aromatic nitrogens is 2. The first-order chi connectivity index (χ1) is 11.0. The number of benzene rings is 1. The van der Waals surface area contributed by atoms with Crippen molar-refractivity contribution in [2.75, 3.05) is 6.54 Å². The van der Waals surface area contributed by atoms with Crippen LogP contribution < -0.4 is 5.32 Å². The molecule has 0 aliphatic heterocycles. The molecular formula is C19H23N3O. The van der Waals surface area contributed by atoms with E-state index in [0.717, 1.165) is 36.9 Å². The number of carbonyl (C=O) groups is 1. The van der Waals surface area contributed by atoms with Crippen LogP contribution in [0.4, 0.5) is 0 Å². The van der Waals surface area contributed by atoms with Gasteiger partial charge < -0.3 is 5.32 Å². The van der Waals surface area contributed by atoms with Crippen molar-refractivity contribution in [3.05, 3.63) is 52.8 Å². The summed E-state index contributed by atoms with van der Waals surface area (Å²) in [5, 5.41) is 10.4. The van der Waals surface area contributed by atoms with Crippen LogP contribution in [-0.2, 0) is 18.3 Å². The lowest BCUT2D eigenvalue weighted by Crippen LogP contribution is -2.35. The van der Waals surface area contributed by atoms with Crippen LogP contribution in [0.1, 0.15) is 54.0 Å². The van der Waals surface area contributed by atoms with Gasteiger partial charge in [-0.05, 0) is 36.7 Å². The van der Waals surface area contributed by atoms with E-state index in [1.165, 1.54) is 5.56 Å². The first kappa shape index (κ1) is 14.5. The average molecular weight is 309 g/mol. The second-order valence-electron chi connectivity index (χ2n) is 7.57. The molecule has 2 aliphatic carbocycles. The summed E-state index contributed by atoms with van der Waals surface area (Å²) in [4.78, 5) is 12.6. The van der Waals surface area contributed by atoms with E-state index >= 15 is 0 Å². The van der Waals surface area contributed by atoms with Crippen molar-refractivity contribution in [2.45, 2.75) is 44.9 Å². The summed E-state index contributed by atoms with van der Waals surface area (Å²) in [5.41, 5.74) is 4.43. The highest BCUT2D eigenvalue weighted by molar-refractivity contribution is 5.94. The molecule has 2 aromatic rings. The van der Waals surface area contributed by atoms with Gasteiger partial charge in [0, 0.05) is 23.2 Å². The third-order valence-electron chi connectivity index (χ3n) is 5.81. The second-order valence-corrected chi connectivity index (χ2v) is 7.57. The van der Waals surface area contributed by atoms with Gasteiger partial charge in [-0.15, -0.1) is 0 Å². The molecule has 2 N–H and O–H groups in total. The Morgan fingerprint density at radius 1 is 1.26 bits per heavy atom. The Balaban J connectivity index is 1.52. The fourth-order valence-electron chi connectivity index (χ4n) is 4.19. The summed E-state index contributed by atoms with van der Waals surface area (Å²) in [5.74, 6) is -0.0394. The fourth-order valence-corrected chi connectivity index (χ4v) is 4.19. The number of H-pyrrole nitrogens is 1. The van der Waals surface area contributed by atoms with Crippen molar-refractivity contribution in [2.24, 2.45) is 5.41 Å². The van der Waals surface area contributed by atoms with Gasteiger partial charge in [-0.1, -0.05) is 44.2 Å². The van der Waals surface area contributed by atoms with Crippen LogP contribution >= 0.6 is 0 Å². The minimum absolute atomic E-state index is 0.0394. The number of carbonyl (C=O) groups excluding carboxylic acids is 1. The Labute approximate surface area is 136 Å². The van der Waals surface area contributed by atoms with Crippen molar-refractivity contribution in [3.8, 4) is 0 Å². The molecule has 120 valence electrons. The van der Waals surface area contributed by atoms with Gasteiger partial charge >= 0.3 is 0 Å². The maximum absolute atomic E-state index is 12.6. The van der Waals surface area contributed by atoms with Crippen molar-refractivity contribution in [1.29, 1.82) is 0 Å². The zero-order valence-corrected chi connectivity index (χ0v) is 13.8. The quantitative estimate of drug-likeness (QED) is 0.912. The third-order valence-corrected chi connectivity index (χ3v) is 5.81. The molecule has 4 heteroatoms. The molecule has 0 spiro atoms. The van der Waals surface area contributed by atoms with Crippen LogP contribution in [0.5, 0.6) is 0 Å². The molecule has 1 heterocycles. The van der Waals surface area contributed by atoms with Crippen LogP contribution in [0.3, 0.4) is 0 Å². The van der Waals surface area contributed by atoms with Crippen LogP contribution in [0.15, 0.2) is 30.3 Å². The number of nitrogens with one attached hydrogen (secondary N) is 2. The van der Waals surface area contributed by atoms with E-state index in [9.17, 15) is 4.79 Å². The van der Waals surface area contributed by atoms with E-state index in [4.69, 9.17) is 0 Å². The number of rotatable bonds is 4. The monoisotopic (exact) mass is 309 g/mol. The highest BCUT2D eigenvalue weighted by atomic mass is 16.1. The molecule has 0 saturated heterocycles. The topological polar surface area (TPSA) is 57.8 Å². The first-order valence-electron chi connectivity index (χ1n) is 8.43. The molecule has 1 amide bonds. The Bertz CT molecular complexity index is 747. The van der Waals surface area contributed by atoms with E-state index in [1.54, 1.807) is 0 Å². The van der Waals surface area contributed by atoms with Crippen molar-refractivity contribution in [1.82, 2.24) is 15.5 Å². The predicted octanol–water partition coefficient (Wildman–Crippen LogP) is 3.00. The maximum Gasteiger partial charge on any atom is 0.272 e. The standard InChI is InChI=1S/C19H23N3O/c1-18(2)11-19(18,13-7-4-3-5-8-13)12-20-17(23)16-14-9-6-10-15(14)21-22-16/h3-5,7-8H,6,9-12H2,1-2H3,(H,20,23)(H,21,22). The van der Waals surface area contributed by atoms with Crippen molar-refractivity contribution >= 4 is 5.91 Å². The van der Waals surface area contributed by atoms with Gasteiger partial charge in [0.15, 0.2) is 5.69 Å². The van der Waals surface area contributed by atoms with Crippen molar-refractivity contribution in [3.63, 3.8) is 0 Å². The first-order valence-corrected chi connectivity index (χ1v) is 8.43. The number of hydrogen-bond donors (Lipinski definition) is 2. The van der Waals surface area contributed by atoms with Crippen LogP contribution in [0, 0.1) is 5.41 Å². The minimum Gasteiger partial charge on any atom is -0.350 e. The van der Waals surface area contributed by atoms with Crippen molar-refractivity contribution < 1.29 is 4.79 Å². The summed E-state index contributed by atoms with van der Waals surface area (Å²) in [7, 11) is 0. The molecule has 1 aromatic heterocycles. The second kappa shape index (κ2) is 4.95. The summed E-state index contributed by atoms with van der Waals surface area (Å²) < 4.78 is 0. The van der Waals surface area contributed by atoms with Gasteiger partial charge in [0.05, 0.1) is 0 Å². The summed E-state index contributed by atoms with van der Waals surface area (Å²) in [6.45, 7) is 5.22. The van der Waals surface area contributed by atoms with Crippen LogP contribution in [-0.4, -0.2) is 22.6 Å². The van der Waals surface area contributed by atoms with E-state index in [2.05, 4.69) is 53.6 Å². The van der Waals surface area contributed by atoms with Gasteiger partial charge in [-0.2, -0.15) is 5.10 Å². The highest BCUT2D eigenvalue weighted by Gasteiger charge is 2.61. The Kier molecular flexibility index (Phi) is 3.12. The molecule has 1 unspecified atom stereocenters. The number of hydrogen-bond acceptors (Lipinski definition) is 2. The molecule has 23 heavy (non-hydrogen) atoms. The van der Waals surface area contributed by atoms with Crippen LogP contribution in [0.2, 0.25) is 0 Å². The molecule has 0 radical (unpaired) electrons. The zero-order chi connectivity index (χ0) is 16.1. The summed E-state index contributed by atoms with van der Waals surface area (Å²) >= 11 is 0. The van der Waals surface area contributed by atoms with Gasteiger partial charge in [0.1, 0.15) is 0 Å². The highest BCUT2D eigenvalue weighted by Crippen LogP contribution is 2.63. The van der Waals surface area contributed by atoms with E-state index < -0.39 is 0 Å². The molecule has 1 saturated carbocycles. The molecule has 1 atom stereocenters. The normalized spacial score (nSPS) is 24.3. The summed E-state index contributed by atoms with van der Waals surface area (Å²) in [6, 6.07) is 10.5. The molecular weight excluding hydrogens is 286 g/mol. The third kappa shape index (κ3) is 2.19. The minimum atomic E-state index is -0.0394. The van der Waals surface area contributed by atoms with Gasteiger partial charge in [-0.3, -0.25) is 9.89 Å². The van der Waals surface area contributed by atoms with Gasteiger partial charge in [0.2, 0.25) is 0 Å². The number of aromatic amines is 1. The lowest BCUT2D eigenvalue weighted by molar-refractivity contribution is 0.0942. The van der Waals surface area contributed by atoms with E-state index in [-0.39, 0.29) is 16.7 Å². The Morgan fingerprint density at radius 2 is 2.00 bits per heavy atom. The van der Waals surface area contributed by atoms with Gasteiger partial charge in [-0.25, -0.2) is 0 Å². The predicted molar refractivity (Wildman–Crippen MR) is 89.5 cm³/mol. The number of nitrogens with zero attached hydrogens (tertiary/aromatic N) is 1. The Morgan fingerprint density at radius 3 is 2.70 bits per heavy atom. The number of fused-ring (bicyclic) bond motifs is 1. The maximum atomic E-state index is 12.6. The lowest BCUT2D eigenvalue weighted by atomic mass is 9.88. The molecule has 4 rings (SSSR count). The lowest BCUT2D eigenvalue weighted by Gasteiger charge is -2.21. The smallest absolute Gasteiger partial charge is 0.272 e. The SMILES string of the molecule is CC1(C)CC1(CNC(=O)c1n[nH]c2c1CCC2)c1ccccc1. The zero-order valence-electron chi connectivity index (χ0n) is 13.8. The fraction of sp³-hybridized carbons (Fsp3) is 0.474.